The molecule has 3 rings (SSSR count). The first-order chi connectivity index (χ1) is 12.2. The van der Waals surface area contributed by atoms with Gasteiger partial charge in [-0.2, -0.15) is 0 Å². The summed E-state index contributed by atoms with van der Waals surface area (Å²) in [4.78, 5) is 13.8. The van der Waals surface area contributed by atoms with Crippen molar-refractivity contribution in [2.75, 3.05) is 7.11 Å². The molecule has 25 heavy (non-hydrogen) atoms. The number of carbonyl (C=O) groups is 1. The van der Waals surface area contributed by atoms with Crippen LogP contribution in [0.5, 0.6) is 0 Å². The van der Waals surface area contributed by atoms with Gasteiger partial charge in [0.05, 0.1) is 13.5 Å². The monoisotopic (exact) mass is 348 g/mol. The summed E-state index contributed by atoms with van der Waals surface area (Å²) in [6.45, 7) is 0. The fourth-order valence-electron chi connectivity index (χ4n) is 2.61. The standard InChI is InChI=1S/C22H20O2S/c1-24-22(23)16-18-11-13-20(14-12-18)25-21-10-6-5-9-19(21)15-17-7-3-2-4-8-17/h2-14H,15-16H2,1H3. The molecule has 126 valence electrons. The molecule has 0 aliphatic heterocycles. The van der Waals surface area contributed by atoms with Crippen molar-refractivity contribution in [1.29, 1.82) is 0 Å². The van der Waals surface area contributed by atoms with Gasteiger partial charge in [0, 0.05) is 9.79 Å². The maximum atomic E-state index is 11.3. The predicted molar refractivity (Wildman–Crippen MR) is 102 cm³/mol. The van der Waals surface area contributed by atoms with Crippen LogP contribution in [0, 0.1) is 0 Å². The Labute approximate surface area is 152 Å². The lowest BCUT2D eigenvalue weighted by Crippen LogP contribution is -2.03. The zero-order valence-corrected chi connectivity index (χ0v) is 15.0. The Morgan fingerprint density at radius 1 is 0.840 bits per heavy atom. The highest BCUT2D eigenvalue weighted by molar-refractivity contribution is 7.99. The number of methoxy groups -OCH3 is 1. The Morgan fingerprint density at radius 3 is 2.24 bits per heavy atom. The Morgan fingerprint density at radius 2 is 1.52 bits per heavy atom. The highest BCUT2D eigenvalue weighted by Gasteiger charge is 2.07. The number of rotatable bonds is 6. The minimum atomic E-state index is -0.214. The van der Waals surface area contributed by atoms with E-state index < -0.39 is 0 Å². The quantitative estimate of drug-likeness (QED) is 0.577. The Balaban J connectivity index is 1.73. The van der Waals surface area contributed by atoms with Crippen LogP contribution in [-0.4, -0.2) is 13.1 Å². The number of ether oxygens (including phenoxy) is 1. The van der Waals surface area contributed by atoms with E-state index in [2.05, 4.69) is 60.7 Å². The van der Waals surface area contributed by atoms with E-state index in [9.17, 15) is 4.79 Å². The van der Waals surface area contributed by atoms with Crippen LogP contribution in [0.15, 0.2) is 88.7 Å². The molecule has 0 atom stereocenters. The second-order valence-electron chi connectivity index (χ2n) is 5.77. The van der Waals surface area contributed by atoms with E-state index in [-0.39, 0.29) is 5.97 Å². The summed E-state index contributed by atoms with van der Waals surface area (Å²) in [5.41, 5.74) is 3.59. The van der Waals surface area contributed by atoms with E-state index in [1.807, 2.05) is 18.2 Å². The molecule has 3 aromatic rings. The molecule has 0 radical (unpaired) electrons. The summed E-state index contributed by atoms with van der Waals surface area (Å²) in [5, 5.41) is 0. The normalized spacial score (nSPS) is 10.4. The molecule has 0 fully saturated rings. The van der Waals surface area contributed by atoms with Crippen molar-refractivity contribution < 1.29 is 9.53 Å². The summed E-state index contributed by atoms with van der Waals surface area (Å²) >= 11 is 1.75. The highest BCUT2D eigenvalue weighted by Crippen LogP contribution is 2.31. The molecule has 3 heteroatoms. The highest BCUT2D eigenvalue weighted by atomic mass is 32.2. The number of hydrogen-bond acceptors (Lipinski definition) is 3. The van der Waals surface area contributed by atoms with E-state index >= 15 is 0 Å². The smallest absolute Gasteiger partial charge is 0.309 e. The van der Waals surface area contributed by atoms with Gasteiger partial charge in [0.15, 0.2) is 0 Å². The molecule has 0 heterocycles. The molecule has 0 aromatic heterocycles. The molecule has 3 aromatic carbocycles. The van der Waals surface area contributed by atoms with Gasteiger partial charge in [-0.25, -0.2) is 0 Å². The average Bonchev–Trinajstić information content (AvgIpc) is 2.65. The zero-order chi connectivity index (χ0) is 17.5. The van der Waals surface area contributed by atoms with Crippen LogP contribution in [-0.2, 0) is 22.4 Å². The summed E-state index contributed by atoms with van der Waals surface area (Å²) in [6, 6.07) is 27.1. The Hall–Kier alpha value is -2.52. The maximum Gasteiger partial charge on any atom is 0.309 e. The molecule has 0 spiro atoms. The minimum absolute atomic E-state index is 0.214. The van der Waals surface area contributed by atoms with E-state index in [1.54, 1.807) is 11.8 Å². The van der Waals surface area contributed by atoms with E-state index in [0.29, 0.717) is 6.42 Å². The average molecular weight is 348 g/mol. The van der Waals surface area contributed by atoms with E-state index in [1.165, 1.54) is 23.1 Å². The third kappa shape index (κ3) is 4.97. The molecule has 0 amide bonds. The molecular formula is C22H20O2S. The Bertz CT molecular complexity index is 826. The summed E-state index contributed by atoms with van der Waals surface area (Å²) in [7, 11) is 1.41. The number of hydrogen-bond donors (Lipinski definition) is 0. The molecule has 0 saturated carbocycles. The molecule has 0 unspecified atom stereocenters. The Kier molecular flexibility index (Phi) is 5.91. The van der Waals surface area contributed by atoms with Crippen molar-refractivity contribution in [2.45, 2.75) is 22.6 Å². The second kappa shape index (κ2) is 8.54. The fraction of sp³-hybridized carbons (Fsp3) is 0.136. The van der Waals surface area contributed by atoms with Crippen LogP contribution in [0.25, 0.3) is 0 Å². The fourth-order valence-corrected chi connectivity index (χ4v) is 3.55. The first kappa shape index (κ1) is 17.3. The number of benzene rings is 3. The van der Waals surface area contributed by atoms with Crippen LogP contribution in [0.2, 0.25) is 0 Å². The molecule has 0 saturated heterocycles. The van der Waals surface area contributed by atoms with E-state index in [0.717, 1.165) is 16.9 Å². The van der Waals surface area contributed by atoms with Crippen LogP contribution in [0.1, 0.15) is 16.7 Å². The topological polar surface area (TPSA) is 26.3 Å². The van der Waals surface area contributed by atoms with Crippen molar-refractivity contribution in [3.05, 3.63) is 95.6 Å². The molecule has 0 N–H and O–H groups in total. The number of esters is 1. The van der Waals surface area contributed by atoms with Crippen molar-refractivity contribution in [1.82, 2.24) is 0 Å². The van der Waals surface area contributed by atoms with Gasteiger partial charge < -0.3 is 4.74 Å². The van der Waals surface area contributed by atoms with Crippen LogP contribution in [0.4, 0.5) is 0 Å². The predicted octanol–water partition coefficient (Wildman–Crippen LogP) is 5.14. The largest absolute Gasteiger partial charge is 0.469 e. The third-order valence-electron chi connectivity index (χ3n) is 3.94. The zero-order valence-electron chi connectivity index (χ0n) is 14.1. The van der Waals surface area contributed by atoms with Gasteiger partial charge in [0.2, 0.25) is 0 Å². The van der Waals surface area contributed by atoms with Crippen molar-refractivity contribution in [2.24, 2.45) is 0 Å². The molecular weight excluding hydrogens is 328 g/mol. The second-order valence-corrected chi connectivity index (χ2v) is 6.88. The lowest BCUT2D eigenvalue weighted by Gasteiger charge is -2.10. The van der Waals surface area contributed by atoms with Crippen molar-refractivity contribution in [3.8, 4) is 0 Å². The van der Waals surface area contributed by atoms with Crippen molar-refractivity contribution >= 4 is 17.7 Å². The first-order valence-electron chi connectivity index (χ1n) is 8.20. The van der Waals surface area contributed by atoms with Gasteiger partial charge in [-0.1, -0.05) is 72.4 Å². The van der Waals surface area contributed by atoms with Gasteiger partial charge in [0.1, 0.15) is 0 Å². The molecule has 0 aliphatic carbocycles. The van der Waals surface area contributed by atoms with Gasteiger partial charge in [-0.05, 0) is 41.3 Å². The first-order valence-corrected chi connectivity index (χ1v) is 9.01. The SMILES string of the molecule is COC(=O)Cc1ccc(Sc2ccccc2Cc2ccccc2)cc1. The summed E-state index contributed by atoms with van der Waals surface area (Å²) < 4.78 is 4.71. The summed E-state index contributed by atoms with van der Waals surface area (Å²) in [6.07, 6.45) is 1.23. The third-order valence-corrected chi connectivity index (χ3v) is 5.06. The van der Waals surface area contributed by atoms with Crippen LogP contribution in [0.3, 0.4) is 0 Å². The van der Waals surface area contributed by atoms with Gasteiger partial charge in [-0.15, -0.1) is 0 Å². The van der Waals surface area contributed by atoms with Crippen molar-refractivity contribution in [3.63, 3.8) is 0 Å². The van der Waals surface area contributed by atoms with Crippen LogP contribution >= 0.6 is 11.8 Å². The molecule has 0 bridgehead atoms. The van der Waals surface area contributed by atoms with E-state index in [4.69, 9.17) is 4.74 Å². The lowest BCUT2D eigenvalue weighted by molar-refractivity contribution is -0.139. The van der Waals surface area contributed by atoms with Gasteiger partial charge in [0.25, 0.3) is 0 Å². The van der Waals surface area contributed by atoms with Crippen LogP contribution < -0.4 is 0 Å². The van der Waals surface area contributed by atoms with Gasteiger partial charge in [-0.3, -0.25) is 4.79 Å². The minimum Gasteiger partial charge on any atom is -0.469 e. The number of carbonyl (C=O) groups excluding carboxylic acids is 1. The molecule has 2 nitrogen and oxygen atoms in total. The maximum absolute atomic E-state index is 11.3. The lowest BCUT2D eigenvalue weighted by atomic mass is 10.1. The summed E-state index contributed by atoms with van der Waals surface area (Å²) in [5.74, 6) is -0.214. The molecule has 0 aliphatic rings. The van der Waals surface area contributed by atoms with Gasteiger partial charge >= 0.3 is 5.97 Å².